The number of nitrogens with zero attached hydrogens (tertiary/aromatic N) is 1. The van der Waals surface area contributed by atoms with Crippen LogP contribution in [0.15, 0.2) is 47.4 Å². The number of hydrogen-bond donors (Lipinski definition) is 2. The van der Waals surface area contributed by atoms with Crippen molar-refractivity contribution in [3.63, 3.8) is 0 Å². The minimum atomic E-state index is -3.97. The van der Waals surface area contributed by atoms with Gasteiger partial charge in [0.05, 0.1) is 16.1 Å². The lowest BCUT2D eigenvalue weighted by Crippen LogP contribution is -2.41. The summed E-state index contributed by atoms with van der Waals surface area (Å²) in [4.78, 5) is 37.8. The summed E-state index contributed by atoms with van der Waals surface area (Å²) in [6.45, 7) is 5.33. The Morgan fingerprint density at radius 1 is 1.16 bits per heavy atom. The molecule has 1 saturated heterocycles. The number of imide groups is 1. The number of anilines is 1. The van der Waals surface area contributed by atoms with E-state index in [1.54, 1.807) is 44.2 Å². The van der Waals surface area contributed by atoms with Crippen LogP contribution < -0.4 is 10.0 Å². The standard InChI is InChI=1S/C21H23N3O6S/c1-13-8-9-14(2)18(12-13)31(28,29)23-17-7-5-4-6-16(17)20(26)30-15(3)19(25)24-11-10-22-21(24)27/h4-9,12,15,23H,10-11H2,1-3H3,(H,22,27). The number of amides is 3. The Morgan fingerprint density at radius 3 is 2.55 bits per heavy atom. The van der Waals surface area contributed by atoms with Crippen molar-refractivity contribution in [1.82, 2.24) is 10.2 Å². The van der Waals surface area contributed by atoms with Gasteiger partial charge in [-0.05, 0) is 50.1 Å². The van der Waals surface area contributed by atoms with Gasteiger partial charge < -0.3 is 10.1 Å². The highest BCUT2D eigenvalue weighted by Crippen LogP contribution is 2.24. The molecule has 0 spiro atoms. The molecule has 3 rings (SSSR count). The third-order valence-electron chi connectivity index (χ3n) is 4.78. The quantitative estimate of drug-likeness (QED) is 0.658. The lowest BCUT2D eigenvalue weighted by Gasteiger charge is -2.19. The van der Waals surface area contributed by atoms with Gasteiger partial charge >= 0.3 is 12.0 Å². The number of esters is 1. The molecular weight excluding hydrogens is 422 g/mol. The van der Waals surface area contributed by atoms with Gasteiger partial charge in [0.15, 0.2) is 6.10 Å². The maximum Gasteiger partial charge on any atom is 0.341 e. The first-order valence-electron chi connectivity index (χ1n) is 9.59. The first-order valence-corrected chi connectivity index (χ1v) is 11.1. The van der Waals surface area contributed by atoms with E-state index in [4.69, 9.17) is 4.74 Å². The van der Waals surface area contributed by atoms with Gasteiger partial charge in [-0.3, -0.25) is 14.4 Å². The lowest BCUT2D eigenvalue weighted by molar-refractivity contribution is -0.136. The average Bonchev–Trinajstić information content (AvgIpc) is 3.15. The van der Waals surface area contributed by atoms with Gasteiger partial charge in [0.1, 0.15) is 0 Å². The maximum atomic E-state index is 12.9. The predicted octanol–water partition coefficient (Wildman–Crippen LogP) is 2.20. The van der Waals surface area contributed by atoms with Gasteiger partial charge in [0, 0.05) is 13.1 Å². The van der Waals surface area contributed by atoms with Crippen LogP contribution in [0.5, 0.6) is 0 Å². The molecule has 0 saturated carbocycles. The summed E-state index contributed by atoms with van der Waals surface area (Å²) in [5, 5.41) is 2.50. The number of rotatable bonds is 6. The molecule has 0 radical (unpaired) electrons. The Bertz CT molecular complexity index is 1150. The highest BCUT2D eigenvalue weighted by Gasteiger charge is 2.32. The van der Waals surface area contributed by atoms with Crippen LogP contribution in [-0.4, -0.2) is 50.4 Å². The minimum absolute atomic E-state index is 0.0203. The SMILES string of the molecule is Cc1ccc(C)c(S(=O)(=O)Nc2ccccc2C(=O)OC(C)C(=O)N2CCNC2=O)c1. The third-order valence-corrected chi connectivity index (χ3v) is 6.29. The topological polar surface area (TPSA) is 122 Å². The van der Waals surface area contributed by atoms with Gasteiger partial charge in [-0.15, -0.1) is 0 Å². The summed E-state index contributed by atoms with van der Waals surface area (Å²) in [5.74, 6) is -1.54. The fraction of sp³-hybridized carbons (Fsp3) is 0.286. The molecule has 0 aromatic heterocycles. The van der Waals surface area contributed by atoms with E-state index in [1.807, 2.05) is 0 Å². The molecule has 2 aromatic rings. The van der Waals surface area contributed by atoms with Crippen molar-refractivity contribution in [3.05, 3.63) is 59.2 Å². The number of urea groups is 1. The van der Waals surface area contributed by atoms with Crippen molar-refractivity contribution in [2.24, 2.45) is 0 Å². The van der Waals surface area contributed by atoms with Crippen LogP contribution >= 0.6 is 0 Å². The second-order valence-electron chi connectivity index (χ2n) is 7.19. The van der Waals surface area contributed by atoms with Gasteiger partial charge in [0.2, 0.25) is 0 Å². The van der Waals surface area contributed by atoms with E-state index in [2.05, 4.69) is 10.0 Å². The molecule has 1 fully saturated rings. The van der Waals surface area contributed by atoms with Crippen molar-refractivity contribution < 1.29 is 27.5 Å². The fourth-order valence-electron chi connectivity index (χ4n) is 3.12. The van der Waals surface area contributed by atoms with Crippen LogP contribution in [0.3, 0.4) is 0 Å². The van der Waals surface area contributed by atoms with Crippen LogP contribution in [0.4, 0.5) is 10.5 Å². The number of carbonyl (C=O) groups excluding carboxylic acids is 3. The summed E-state index contributed by atoms with van der Waals surface area (Å²) in [7, 11) is -3.97. The molecule has 1 aliphatic rings. The summed E-state index contributed by atoms with van der Waals surface area (Å²) in [5.41, 5.74) is 1.30. The molecule has 1 aliphatic heterocycles. The van der Waals surface area contributed by atoms with Gasteiger partial charge in [-0.25, -0.2) is 18.0 Å². The monoisotopic (exact) mass is 445 g/mol. The Labute approximate surface area is 180 Å². The minimum Gasteiger partial charge on any atom is -0.449 e. The van der Waals surface area contributed by atoms with Crippen LogP contribution in [0.2, 0.25) is 0 Å². The molecule has 0 aliphatic carbocycles. The van der Waals surface area contributed by atoms with Gasteiger partial charge in [-0.2, -0.15) is 0 Å². The fourth-order valence-corrected chi connectivity index (χ4v) is 4.53. The second-order valence-corrected chi connectivity index (χ2v) is 8.84. The van der Waals surface area contributed by atoms with Crippen molar-refractivity contribution in [2.75, 3.05) is 17.8 Å². The molecule has 0 bridgehead atoms. The van der Waals surface area contributed by atoms with E-state index in [0.29, 0.717) is 12.1 Å². The number of aryl methyl sites for hydroxylation is 2. The van der Waals surface area contributed by atoms with E-state index in [0.717, 1.165) is 10.5 Å². The zero-order valence-corrected chi connectivity index (χ0v) is 18.2. The zero-order chi connectivity index (χ0) is 22.8. The summed E-state index contributed by atoms with van der Waals surface area (Å²) < 4.78 is 33.5. The number of ether oxygens (including phenoxy) is 1. The van der Waals surface area contributed by atoms with Crippen LogP contribution in [0.1, 0.15) is 28.4 Å². The van der Waals surface area contributed by atoms with E-state index in [9.17, 15) is 22.8 Å². The molecule has 1 heterocycles. The molecule has 2 N–H and O–H groups in total. The second kappa shape index (κ2) is 8.76. The highest BCUT2D eigenvalue weighted by molar-refractivity contribution is 7.92. The maximum absolute atomic E-state index is 12.9. The number of hydrogen-bond acceptors (Lipinski definition) is 6. The number of sulfonamides is 1. The number of benzene rings is 2. The summed E-state index contributed by atoms with van der Waals surface area (Å²) in [6.07, 6.45) is -1.22. The Hall–Kier alpha value is -3.40. The highest BCUT2D eigenvalue weighted by atomic mass is 32.2. The van der Waals surface area contributed by atoms with E-state index < -0.39 is 34.0 Å². The Balaban J connectivity index is 1.81. The molecule has 1 atom stereocenters. The molecule has 164 valence electrons. The lowest BCUT2D eigenvalue weighted by atomic mass is 10.2. The van der Waals surface area contributed by atoms with Crippen LogP contribution in [0, 0.1) is 13.8 Å². The normalized spacial score (nSPS) is 14.7. The largest absolute Gasteiger partial charge is 0.449 e. The van der Waals surface area contributed by atoms with Crippen molar-refractivity contribution in [2.45, 2.75) is 31.8 Å². The number of para-hydroxylation sites is 1. The van der Waals surface area contributed by atoms with E-state index in [1.165, 1.54) is 19.1 Å². The number of nitrogens with one attached hydrogen (secondary N) is 2. The molecule has 3 amide bonds. The first-order chi connectivity index (χ1) is 14.6. The average molecular weight is 445 g/mol. The molecule has 1 unspecified atom stereocenters. The predicted molar refractivity (Wildman–Crippen MR) is 113 cm³/mol. The molecule has 9 nitrogen and oxygen atoms in total. The van der Waals surface area contributed by atoms with Crippen molar-refractivity contribution >= 4 is 33.6 Å². The summed E-state index contributed by atoms with van der Waals surface area (Å²) >= 11 is 0. The third kappa shape index (κ3) is 4.85. The Kier molecular flexibility index (Phi) is 6.30. The molecular formula is C21H23N3O6S. The van der Waals surface area contributed by atoms with Crippen molar-refractivity contribution in [1.29, 1.82) is 0 Å². The van der Waals surface area contributed by atoms with Crippen LogP contribution in [0.25, 0.3) is 0 Å². The van der Waals surface area contributed by atoms with Crippen LogP contribution in [-0.2, 0) is 19.6 Å². The zero-order valence-electron chi connectivity index (χ0n) is 17.3. The number of carbonyl (C=O) groups is 3. The Morgan fingerprint density at radius 2 is 1.87 bits per heavy atom. The first kappa shape index (κ1) is 22.3. The molecule has 2 aromatic carbocycles. The smallest absolute Gasteiger partial charge is 0.341 e. The van der Waals surface area contributed by atoms with Gasteiger partial charge in [-0.1, -0.05) is 24.3 Å². The molecule has 10 heteroatoms. The van der Waals surface area contributed by atoms with E-state index in [-0.39, 0.29) is 22.7 Å². The van der Waals surface area contributed by atoms with Crippen molar-refractivity contribution in [3.8, 4) is 0 Å². The van der Waals surface area contributed by atoms with E-state index >= 15 is 0 Å². The summed E-state index contributed by atoms with van der Waals surface area (Å²) in [6, 6.07) is 10.4. The van der Waals surface area contributed by atoms with Gasteiger partial charge in [0.25, 0.3) is 15.9 Å². The molecule has 31 heavy (non-hydrogen) atoms.